The highest BCUT2D eigenvalue weighted by atomic mass is 16.1. The van der Waals surface area contributed by atoms with Crippen LogP contribution in [0.25, 0.3) is 0 Å². The Morgan fingerprint density at radius 1 is 1.56 bits per heavy atom. The third kappa shape index (κ3) is 2.40. The van der Waals surface area contributed by atoms with Crippen LogP contribution in [0.1, 0.15) is 44.3 Å². The van der Waals surface area contributed by atoms with Crippen molar-refractivity contribution in [2.24, 2.45) is 0 Å². The third-order valence-electron chi connectivity index (χ3n) is 3.18. The lowest BCUT2D eigenvalue weighted by Crippen LogP contribution is -2.08. The van der Waals surface area contributed by atoms with E-state index in [1.54, 1.807) is 6.92 Å². The molecular formula is C13H18N2O. The number of carbonyl (C=O) groups excluding carboxylic acids is 1. The third-order valence-corrected chi connectivity index (χ3v) is 3.18. The summed E-state index contributed by atoms with van der Waals surface area (Å²) < 4.78 is 2.02. The summed E-state index contributed by atoms with van der Waals surface area (Å²) in [6.45, 7) is 5.40. The van der Waals surface area contributed by atoms with Gasteiger partial charge in [-0.2, -0.15) is 5.10 Å². The Kier molecular flexibility index (Phi) is 3.22. The molecule has 1 aliphatic rings. The zero-order chi connectivity index (χ0) is 11.5. The van der Waals surface area contributed by atoms with Crippen molar-refractivity contribution in [3.63, 3.8) is 0 Å². The van der Waals surface area contributed by atoms with Crippen molar-refractivity contribution in [2.45, 2.75) is 45.1 Å². The van der Waals surface area contributed by atoms with Crippen molar-refractivity contribution in [1.29, 1.82) is 0 Å². The highest BCUT2D eigenvalue weighted by Crippen LogP contribution is 2.28. The first-order valence-electron chi connectivity index (χ1n) is 5.89. The first kappa shape index (κ1) is 11.1. The number of carbonyl (C=O) groups is 1. The van der Waals surface area contributed by atoms with Gasteiger partial charge in [-0.05, 0) is 31.4 Å². The maximum absolute atomic E-state index is 11.5. The summed E-state index contributed by atoms with van der Waals surface area (Å²) >= 11 is 0. The van der Waals surface area contributed by atoms with Crippen molar-refractivity contribution >= 4 is 5.78 Å². The van der Waals surface area contributed by atoms with Crippen LogP contribution in [0.4, 0.5) is 0 Å². The summed E-state index contributed by atoms with van der Waals surface area (Å²) in [5.41, 5.74) is 1.47. The van der Waals surface area contributed by atoms with Gasteiger partial charge in [-0.15, -0.1) is 0 Å². The monoisotopic (exact) mass is 218 g/mol. The number of rotatable bonds is 4. The molecule has 1 aromatic heterocycles. The predicted molar refractivity (Wildman–Crippen MR) is 63.3 cm³/mol. The lowest BCUT2D eigenvalue weighted by molar-refractivity contribution is -0.114. The molecule has 0 atom stereocenters. The lowest BCUT2D eigenvalue weighted by Gasteiger charge is -2.08. The second-order valence-electron chi connectivity index (χ2n) is 4.61. The van der Waals surface area contributed by atoms with Crippen LogP contribution in [0.15, 0.2) is 24.4 Å². The molecule has 0 saturated heterocycles. The zero-order valence-corrected chi connectivity index (χ0v) is 9.78. The molecule has 0 radical (unpaired) electrons. The van der Waals surface area contributed by atoms with Crippen molar-refractivity contribution < 1.29 is 4.79 Å². The maximum atomic E-state index is 11.5. The van der Waals surface area contributed by atoms with Crippen LogP contribution in [0, 0.1) is 0 Å². The topological polar surface area (TPSA) is 34.9 Å². The molecule has 1 aromatic rings. The van der Waals surface area contributed by atoms with Crippen LogP contribution in [0.5, 0.6) is 0 Å². The van der Waals surface area contributed by atoms with Crippen LogP contribution in [-0.2, 0) is 11.2 Å². The molecule has 2 rings (SSSR count). The Morgan fingerprint density at radius 3 is 2.88 bits per heavy atom. The fourth-order valence-corrected chi connectivity index (χ4v) is 2.16. The number of Topliss-reactive ketones (excluding diaryl/α,β-unsaturated/α-hetero) is 1. The summed E-state index contributed by atoms with van der Waals surface area (Å²) in [5.74, 6) is 0.0803. The van der Waals surface area contributed by atoms with Crippen molar-refractivity contribution in [3.8, 4) is 0 Å². The first-order valence-corrected chi connectivity index (χ1v) is 5.89. The van der Waals surface area contributed by atoms with Crippen LogP contribution >= 0.6 is 0 Å². The minimum Gasteiger partial charge on any atom is -0.294 e. The molecule has 1 heterocycles. The van der Waals surface area contributed by atoms with E-state index < -0.39 is 0 Å². The van der Waals surface area contributed by atoms with Gasteiger partial charge in [0, 0.05) is 6.20 Å². The maximum Gasteiger partial charge on any atom is 0.163 e. The lowest BCUT2D eigenvalue weighted by atomic mass is 10.1. The number of aromatic nitrogens is 2. The molecule has 1 aliphatic carbocycles. The van der Waals surface area contributed by atoms with E-state index >= 15 is 0 Å². The summed E-state index contributed by atoms with van der Waals surface area (Å²) in [4.78, 5) is 11.5. The van der Waals surface area contributed by atoms with E-state index in [2.05, 4.69) is 11.7 Å². The highest BCUT2D eigenvalue weighted by molar-refractivity contribution is 5.95. The molecule has 3 nitrogen and oxygen atoms in total. The summed E-state index contributed by atoms with van der Waals surface area (Å²) in [6.07, 6.45) is 7.41. The average Bonchev–Trinajstić information content (AvgIpc) is 2.85. The van der Waals surface area contributed by atoms with Gasteiger partial charge in [0.05, 0.1) is 18.2 Å². The molecule has 0 N–H and O–H groups in total. The number of allylic oxidation sites excluding steroid dienone is 1. The second kappa shape index (κ2) is 4.64. The number of hydrogen-bond donors (Lipinski definition) is 0. The van der Waals surface area contributed by atoms with E-state index in [-0.39, 0.29) is 5.78 Å². The van der Waals surface area contributed by atoms with Gasteiger partial charge in [0.2, 0.25) is 0 Å². The van der Waals surface area contributed by atoms with Gasteiger partial charge in [0.15, 0.2) is 5.78 Å². The SMILES string of the molecule is C=C(C)C(=O)Cc1ccn(C2CCCC2)n1. The molecular weight excluding hydrogens is 200 g/mol. The zero-order valence-electron chi connectivity index (χ0n) is 9.78. The van der Waals surface area contributed by atoms with E-state index in [1.165, 1.54) is 25.7 Å². The number of hydrogen-bond acceptors (Lipinski definition) is 2. The fourth-order valence-electron chi connectivity index (χ4n) is 2.16. The van der Waals surface area contributed by atoms with Gasteiger partial charge in [0.25, 0.3) is 0 Å². The molecule has 16 heavy (non-hydrogen) atoms. The van der Waals surface area contributed by atoms with E-state index in [0.717, 1.165) is 5.69 Å². The van der Waals surface area contributed by atoms with Crippen LogP contribution < -0.4 is 0 Å². The van der Waals surface area contributed by atoms with E-state index in [1.807, 2.05) is 16.9 Å². The quantitative estimate of drug-likeness (QED) is 0.728. The van der Waals surface area contributed by atoms with E-state index in [0.29, 0.717) is 18.0 Å². The molecule has 0 bridgehead atoms. The molecule has 0 aliphatic heterocycles. The van der Waals surface area contributed by atoms with Gasteiger partial charge in [-0.1, -0.05) is 19.4 Å². The van der Waals surface area contributed by atoms with E-state index in [4.69, 9.17) is 0 Å². The summed E-state index contributed by atoms with van der Waals surface area (Å²) in [5, 5.41) is 4.47. The Balaban J connectivity index is 2.01. The average molecular weight is 218 g/mol. The Bertz CT molecular complexity index is 400. The normalized spacial score (nSPS) is 16.6. The Morgan fingerprint density at radius 2 is 2.25 bits per heavy atom. The summed E-state index contributed by atoms with van der Waals surface area (Å²) in [6, 6.07) is 2.49. The minimum absolute atomic E-state index is 0.0803. The van der Waals surface area contributed by atoms with Gasteiger partial charge in [-0.3, -0.25) is 9.48 Å². The molecule has 0 unspecified atom stereocenters. The molecule has 1 fully saturated rings. The Labute approximate surface area is 96.2 Å². The van der Waals surface area contributed by atoms with Gasteiger partial charge < -0.3 is 0 Å². The minimum atomic E-state index is 0.0803. The van der Waals surface area contributed by atoms with Crippen LogP contribution in [0.2, 0.25) is 0 Å². The molecule has 1 saturated carbocycles. The molecule has 3 heteroatoms. The molecule has 0 amide bonds. The Hall–Kier alpha value is -1.38. The largest absolute Gasteiger partial charge is 0.294 e. The fraction of sp³-hybridized carbons (Fsp3) is 0.538. The van der Waals surface area contributed by atoms with Gasteiger partial charge in [-0.25, -0.2) is 0 Å². The number of nitrogens with zero attached hydrogens (tertiary/aromatic N) is 2. The second-order valence-corrected chi connectivity index (χ2v) is 4.61. The summed E-state index contributed by atoms with van der Waals surface area (Å²) in [7, 11) is 0. The highest BCUT2D eigenvalue weighted by Gasteiger charge is 2.17. The predicted octanol–water partition coefficient (Wildman–Crippen LogP) is 2.69. The van der Waals surface area contributed by atoms with Crippen LogP contribution in [-0.4, -0.2) is 15.6 Å². The van der Waals surface area contributed by atoms with Crippen molar-refractivity contribution in [1.82, 2.24) is 9.78 Å². The molecule has 0 aromatic carbocycles. The van der Waals surface area contributed by atoms with Crippen LogP contribution in [0.3, 0.4) is 0 Å². The molecule has 0 spiro atoms. The standard InChI is InChI=1S/C13H18N2O/c1-10(2)13(16)9-11-7-8-15(14-11)12-5-3-4-6-12/h7-8,12H,1,3-6,9H2,2H3. The van der Waals surface area contributed by atoms with Crippen molar-refractivity contribution in [3.05, 3.63) is 30.1 Å². The van der Waals surface area contributed by atoms with E-state index in [9.17, 15) is 4.79 Å². The smallest absolute Gasteiger partial charge is 0.163 e. The number of ketones is 1. The van der Waals surface area contributed by atoms with Gasteiger partial charge >= 0.3 is 0 Å². The van der Waals surface area contributed by atoms with Gasteiger partial charge in [0.1, 0.15) is 0 Å². The van der Waals surface area contributed by atoms with Crippen molar-refractivity contribution in [2.75, 3.05) is 0 Å². The molecule has 86 valence electrons. The first-order chi connectivity index (χ1) is 7.66.